The number of ether oxygens (including phenoxy) is 1. The van der Waals surface area contributed by atoms with Crippen molar-refractivity contribution in [2.24, 2.45) is 9.98 Å². The Hall–Kier alpha value is -6.03. The molecule has 10 nitrogen and oxygen atoms in total. The van der Waals surface area contributed by atoms with Crippen LogP contribution in [0.4, 0.5) is 28.6 Å². The highest BCUT2D eigenvalue weighted by molar-refractivity contribution is 6.51. The number of nitrogens with one attached hydrogen (secondary N) is 2. The van der Waals surface area contributed by atoms with Gasteiger partial charge in [0, 0.05) is 23.9 Å². The third-order valence-corrected chi connectivity index (χ3v) is 7.75. The SMILES string of the molecule is COC(=O)c1ccc(C2c3c(C)nn(-c4ccccc4)c3N=C3C(Nc4ccc(NC(C)=O)cc4)=Nc4ccccc4N32)cc1. The van der Waals surface area contributed by atoms with E-state index in [0.29, 0.717) is 28.7 Å². The molecule has 1 aromatic heterocycles. The predicted octanol–water partition coefficient (Wildman–Crippen LogP) is 6.72. The van der Waals surface area contributed by atoms with Crippen molar-refractivity contribution in [1.29, 1.82) is 0 Å². The molecule has 0 fully saturated rings. The molecule has 2 aliphatic rings. The maximum Gasteiger partial charge on any atom is 0.337 e. The minimum Gasteiger partial charge on any atom is -0.465 e. The molecular formula is C35H29N7O3. The van der Waals surface area contributed by atoms with Crippen LogP contribution in [-0.2, 0) is 9.53 Å². The van der Waals surface area contributed by atoms with Gasteiger partial charge in [-0.3, -0.25) is 4.79 Å². The highest BCUT2D eigenvalue weighted by Crippen LogP contribution is 2.48. The van der Waals surface area contributed by atoms with Gasteiger partial charge in [-0.2, -0.15) is 5.10 Å². The van der Waals surface area contributed by atoms with Crippen molar-refractivity contribution in [2.75, 3.05) is 22.6 Å². The lowest BCUT2D eigenvalue weighted by Crippen LogP contribution is -2.46. The fourth-order valence-electron chi connectivity index (χ4n) is 5.76. The quantitative estimate of drug-likeness (QED) is 0.218. The zero-order valence-electron chi connectivity index (χ0n) is 24.9. The van der Waals surface area contributed by atoms with E-state index in [1.165, 1.54) is 14.0 Å². The van der Waals surface area contributed by atoms with Crippen molar-refractivity contribution in [2.45, 2.75) is 19.9 Å². The molecule has 3 heterocycles. The van der Waals surface area contributed by atoms with Crippen molar-refractivity contribution in [3.05, 3.63) is 126 Å². The van der Waals surface area contributed by atoms with E-state index in [9.17, 15) is 9.59 Å². The number of carbonyl (C=O) groups is 2. The molecule has 1 amide bonds. The molecule has 2 aliphatic heterocycles. The van der Waals surface area contributed by atoms with Crippen LogP contribution in [-0.4, -0.2) is 40.4 Å². The summed E-state index contributed by atoms with van der Waals surface area (Å²) >= 11 is 0. The smallest absolute Gasteiger partial charge is 0.337 e. The number of hydrogen-bond donors (Lipinski definition) is 2. The second kappa shape index (κ2) is 11.2. The second-order valence-corrected chi connectivity index (χ2v) is 10.7. The molecule has 0 aliphatic carbocycles. The number of aliphatic imine (C=N–C) groups is 2. The lowest BCUT2D eigenvalue weighted by Gasteiger charge is -2.40. The Morgan fingerprint density at radius 2 is 1.51 bits per heavy atom. The zero-order chi connectivity index (χ0) is 31.1. The van der Waals surface area contributed by atoms with Crippen LogP contribution in [0.3, 0.4) is 0 Å². The minimum absolute atomic E-state index is 0.136. The van der Waals surface area contributed by atoms with Crippen LogP contribution in [0.25, 0.3) is 5.69 Å². The van der Waals surface area contributed by atoms with Crippen LogP contribution in [0.5, 0.6) is 0 Å². The van der Waals surface area contributed by atoms with E-state index in [2.05, 4.69) is 15.5 Å². The Balaban J connectivity index is 1.42. The minimum atomic E-state index is -0.396. The Morgan fingerprint density at radius 1 is 0.822 bits per heavy atom. The van der Waals surface area contributed by atoms with Crippen LogP contribution in [0, 0.1) is 6.92 Å². The Bertz CT molecular complexity index is 2000. The summed E-state index contributed by atoms with van der Waals surface area (Å²) in [5.41, 5.74) is 7.23. The number of nitrogens with zero attached hydrogens (tertiary/aromatic N) is 5. The van der Waals surface area contributed by atoms with Crippen molar-refractivity contribution >= 4 is 52.1 Å². The molecule has 0 radical (unpaired) electrons. The summed E-state index contributed by atoms with van der Waals surface area (Å²) in [6.45, 7) is 3.47. The van der Waals surface area contributed by atoms with Gasteiger partial charge in [-0.05, 0) is 73.2 Å². The zero-order valence-corrected chi connectivity index (χ0v) is 24.9. The summed E-state index contributed by atoms with van der Waals surface area (Å²) in [6, 6.07) is 32.4. The number of hydrogen-bond acceptors (Lipinski definition) is 8. The van der Waals surface area contributed by atoms with E-state index in [0.717, 1.165) is 39.6 Å². The van der Waals surface area contributed by atoms with Crippen LogP contribution in [0.2, 0.25) is 0 Å². The van der Waals surface area contributed by atoms with Gasteiger partial charge in [0.2, 0.25) is 5.91 Å². The first-order valence-corrected chi connectivity index (χ1v) is 14.4. The van der Waals surface area contributed by atoms with Gasteiger partial charge in [0.15, 0.2) is 17.5 Å². The number of methoxy groups -OCH3 is 1. The van der Waals surface area contributed by atoms with Gasteiger partial charge in [-0.15, -0.1) is 0 Å². The monoisotopic (exact) mass is 595 g/mol. The Kier molecular flexibility index (Phi) is 6.94. The molecule has 0 bridgehead atoms. The van der Waals surface area contributed by atoms with E-state index in [4.69, 9.17) is 19.8 Å². The summed E-state index contributed by atoms with van der Waals surface area (Å²) in [6.07, 6.45) is 0. The molecule has 7 rings (SSSR count). The molecule has 1 atom stereocenters. The third-order valence-electron chi connectivity index (χ3n) is 7.75. The van der Waals surface area contributed by atoms with Crippen LogP contribution >= 0.6 is 0 Å². The highest BCUT2D eigenvalue weighted by atomic mass is 16.5. The first-order valence-electron chi connectivity index (χ1n) is 14.4. The summed E-state index contributed by atoms with van der Waals surface area (Å²) in [5, 5.41) is 11.2. The standard InChI is InChI=1S/C35H29N7O3/c1-21-30-31(23-13-15-24(16-14-23)35(44)45-3)41-29-12-8-7-11-28(29)38-32(37-26-19-17-25(18-20-26)36-22(2)43)34(41)39-33(30)42(40-21)27-9-5-4-6-10-27/h4-20,31H,1-3H3,(H,36,43)(H,37,38). The number of aromatic nitrogens is 2. The molecule has 10 heteroatoms. The number of carbonyl (C=O) groups excluding carboxylic acids is 2. The lowest BCUT2D eigenvalue weighted by molar-refractivity contribution is -0.114. The number of amides is 1. The summed E-state index contributed by atoms with van der Waals surface area (Å²) in [4.78, 5) is 36.3. The Labute approximate surface area is 259 Å². The van der Waals surface area contributed by atoms with E-state index in [1.807, 2.05) is 103 Å². The van der Waals surface area contributed by atoms with Gasteiger partial charge in [0.05, 0.1) is 41.5 Å². The van der Waals surface area contributed by atoms with Gasteiger partial charge in [0.25, 0.3) is 0 Å². The van der Waals surface area contributed by atoms with Crippen LogP contribution < -0.4 is 15.5 Å². The van der Waals surface area contributed by atoms with Crippen molar-refractivity contribution in [3.8, 4) is 5.69 Å². The van der Waals surface area contributed by atoms with Gasteiger partial charge in [0.1, 0.15) is 0 Å². The normalized spacial score (nSPS) is 14.7. The van der Waals surface area contributed by atoms with E-state index < -0.39 is 5.97 Å². The number of esters is 1. The molecule has 1 unspecified atom stereocenters. The number of para-hydroxylation sites is 3. The number of benzene rings is 4. The maximum absolute atomic E-state index is 12.3. The lowest BCUT2D eigenvalue weighted by atomic mass is 9.92. The predicted molar refractivity (Wildman–Crippen MR) is 175 cm³/mol. The third kappa shape index (κ3) is 5.02. The number of aryl methyl sites for hydroxylation is 1. The molecular weight excluding hydrogens is 566 g/mol. The van der Waals surface area contributed by atoms with Gasteiger partial charge < -0.3 is 20.3 Å². The molecule has 4 aromatic carbocycles. The van der Waals surface area contributed by atoms with E-state index in [-0.39, 0.29) is 11.9 Å². The fraction of sp³-hybridized carbons (Fsp3) is 0.114. The largest absolute Gasteiger partial charge is 0.465 e. The average molecular weight is 596 g/mol. The topological polar surface area (TPSA) is 113 Å². The summed E-state index contributed by atoms with van der Waals surface area (Å²) in [7, 11) is 1.37. The fourth-order valence-corrected chi connectivity index (χ4v) is 5.76. The number of fused-ring (bicyclic) bond motifs is 4. The van der Waals surface area contributed by atoms with Crippen molar-refractivity contribution < 1.29 is 14.3 Å². The number of rotatable bonds is 5. The molecule has 0 saturated heterocycles. The van der Waals surface area contributed by atoms with Gasteiger partial charge in [-0.25, -0.2) is 19.5 Å². The highest BCUT2D eigenvalue weighted by Gasteiger charge is 2.41. The maximum atomic E-state index is 12.3. The Morgan fingerprint density at radius 3 is 2.22 bits per heavy atom. The summed E-state index contributed by atoms with van der Waals surface area (Å²) in [5.74, 6) is 1.34. The second-order valence-electron chi connectivity index (χ2n) is 10.7. The van der Waals surface area contributed by atoms with Gasteiger partial charge >= 0.3 is 5.97 Å². The van der Waals surface area contributed by atoms with E-state index >= 15 is 0 Å². The molecule has 222 valence electrons. The molecule has 5 aromatic rings. The molecule has 2 N–H and O–H groups in total. The molecule has 45 heavy (non-hydrogen) atoms. The van der Waals surface area contributed by atoms with Crippen molar-refractivity contribution in [3.63, 3.8) is 0 Å². The van der Waals surface area contributed by atoms with Crippen LogP contribution in [0.15, 0.2) is 113 Å². The average Bonchev–Trinajstić information content (AvgIpc) is 3.40. The van der Waals surface area contributed by atoms with Crippen molar-refractivity contribution in [1.82, 2.24) is 9.78 Å². The molecule has 0 saturated carbocycles. The van der Waals surface area contributed by atoms with Gasteiger partial charge in [-0.1, -0.05) is 42.5 Å². The summed E-state index contributed by atoms with van der Waals surface area (Å²) < 4.78 is 6.82. The number of anilines is 3. The van der Waals surface area contributed by atoms with E-state index in [1.54, 1.807) is 12.1 Å². The first-order chi connectivity index (χ1) is 21.9. The first kappa shape index (κ1) is 27.8. The number of amidine groups is 2. The van der Waals surface area contributed by atoms with Crippen LogP contribution in [0.1, 0.15) is 40.1 Å². The molecule has 0 spiro atoms.